The number of fused-ring (bicyclic) bond motifs is 3. The first-order chi connectivity index (χ1) is 11.8. The van der Waals surface area contributed by atoms with E-state index in [-0.39, 0.29) is 17.8 Å². The summed E-state index contributed by atoms with van der Waals surface area (Å²) in [4.78, 5) is 26.4. The van der Waals surface area contributed by atoms with Crippen LogP contribution in [-0.2, 0) is 11.0 Å². The molecule has 1 aliphatic carbocycles. The van der Waals surface area contributed by atoms with Crippen molar-refractivity contribution in [2.45, 2.75) is 51.0 Å². The molecule has 0 aromatic carbocycles. The first kappa shape index (κ1) is 16.6. The summed E-state index contributed by atoms with van der Waals surface area (Å²) in [5.74, 6) is 0.304. The van der Waals surface area contributed by atoms with Crippen molar-refractivity contribution in [1.29, 1.82) is 0 Å². The Bertz CT molecular complexity index is 704. The number of halogens is 3. The number of amides is 1. The van der Waals surface area contributed by atoms with Gasteiger partial charge in [0.2, 0.25) is 0 Å². The van der Waals surface area contributed by atoms with Crippen LogP contribution in [0.15, 0.2) is 6.20 Å². The Balaban J connectivity index is 1.76. The lowest BCUT2D eigenvalue weighted by Crippen LogP contribution is -2.64. The van der Waals surface area contributed by atoms with Crippen molar-refractivity contribution in [2.24, 2.45) is 0 Å². The molecule has 2 aliphatic heterocycles. The maximum atomic E-state index is 13.0. The summed E-state index contributed by atoms with van der Waals surface area (Å²) in [5.41, 5.74) is -1.05. The van der Waals surface area contributed by atoms with Gasteiger partial charge in [0.1, 0.15) is 6.04 Å². The van der Waals surface area contributed by atoms with Crippen LogP contribution in [0.25, 0.3) is 0 Å². The van der Waals surface area contributed by atoms with Crippen LogP contribution in [0.1, 0.15) is 32.4 Å². The molecule has 1 amide bonds. The topological polar surface area (TPSA) is 52.6 Å². The average Bonchev–Trinajstić information content (AvgIpc) is 3.38. The van der Waals surface area contributed by atoms with Gasteiger partial charge in [-0.05, 0) is 26.7 Å². The van der Waals surface area contributed by atoms with E-state index in [1.54, 1.807) is 0 Å². The number of anilines is 2. The van der Waals surface area contributed by atoms with Crippen molar-refractivity contribution in [1.82, 2.24) is 14.9 Å². The Hall–Kier alpha value is -1.90. The monoisotopic (exact) mass is 355 g/mol. The fourth-order valence-electron chi connectivity index (χ4n) is 3.56. The van der Waals surface area contributed by atoms with E-state index in [9.17, 15) is 18.0 Å². The molecular formula is C16H20F3N5O. The van der Waals surface area contributed by atoms with Crippen LogP contribution >= 0.6 is 0 Å². The predicted octanol–water partition coefficient (Wildman–Crippen LogP) is 1.90. The Morgan fingerprint density at radius 1 is 1.20 bits per heavy atom. The van der Waals surface area contributed by atoms with Crippen LogP contribution in [0.5, 0.6) is 0 Å². The number of piperazine rings is 1. The summed E-state index contributed by atoms with van der Waals surface area (Å²) in [5, 5.41) is 0. The summed E-state index contributed by atoms with van der Waals surface area (Å²) in [6, 6.07) is -0.152. The van der Waals surface area contributed by atoms with Crippen molar-refractivity contribution < 1.29 is 18.0 Å². The Morgan fingerprint density at radius 3 is 2.52 bits per heavy atom. The molecule has 136 valence electrons. The quantitative estimate of drug-likeness (QED) is 0.811. The molecule has 1 aromatic rings. The molecule has 9 heteroatoms. The highest BCUT2D eigenvalue weighted by Crippen LogP contribution is 2.42. The van der Waals surface area contributed by atoms with Gasteiger partial charge < -0.3 is 4.90 Å². The van der Waals surface area contributed by atoms with Gasteiger partial charge in [-0.25, -0.2) is 9.97 Å². The zero-order chi connectivity index (χ0) is 17.9. The van der Waals surface area contributed by atoms with Crippen molar-refractivity contribution >= 4 is 17.5 Å². The molecule has 25 heavy (non-hydrogen) atoms. The minimum atomic E-state index is -4.58. The van der Waals surface area contributed by atoms with Crippen LogP contribution in [0.3, 0.4) is 0 Å². The number of alkyl halides is 3. The molecule has 4 rings (SSSR count). The lowest BCUT2D eigenvalue weighted by atomic mass is 10.1. The first-order valence-electron chi connectivity index (χ1n) is 8.55. The van der Waals surface area contributed by atoms with Crippen molar-refractivity contribution in [3.63, 3.8) is 0 Å². The molecule has 1 saturated heterocycles. The normalized spacial score (nSPS) is 24.6. The largest absolute Gasteiger partial charge is 0.434 e. The van der Waals surface area contributed by atoms with E-state index < -0.39 is 17.9 Å². The van der Waals surface area contributed by atoms with Gasteiger partial charge in [0.05, 0.1) is 6.20 Å². The van der Waals surface area contributed by atoms with E-state index >= 15 is 0 Å². The summed E-state index contributed by atoms with van der Waals surface area (Å²) in [7, 11) is 0. The lowest BCUT2D eigenvalue weighted by Gasteiger charge is -2.47. The second-order valence-corrected chi connectivity index (χ2v) is 7.14. The van der Waals surface area contributed by atoms with Gasteiger partial charge in [-0.3, -0.25) is 14.6 Å². The van der Waals surface area contributed by atoms with Crippen molar-refractivity contribution in [3.8, 4) is 0 Å². The molecule has 0 bridgehead atoms. The van der Waals surface area contributed by atoms with Gasteiger partial charge in [0, 0.05) is 31.7 Å². The molecule has 3 aliphatic rings. The number of nitrogens with zero attached hydrogens (tertiary/aromatic N) is 5. The third-order valence-electron chi connectivity index (χ3n) is 5.10. The zero-order valence-corrected chi connectivity index (χ0v) is 14.1. The number of hydrogen-bond donors (Lipinski definition) is 0. The molecule has 1 aromatic heterocycles. The number of rotatable bonds is 2. The van der Waals surface area contributed by atoms with Crippen LogP contribution in [0.2, 0.25) is 0 Å². The van der Waals surface area contributed by atoms with Crippen molar-refractivity contribution in [3.05, 3.63) is 11.9 Å². The second kappa shape index (κ2) is 5.55. The third-order valence-corrected chi connectivity index (χ3v) is 5.10. The van der Waals surface area contributed by atoms with Crippen LogP contribution in [0.4, 0.5) is 24.8 Å². The van der Waals surface area contributed by atoms with E-state index in [2.05, 4.69) is 28.7 Å². The molecule has 0 spiro atoms. The van der Waals surface area contributed by atoms with Gasteiger partial charge in [-0.2, -0.15) is 13.2 Å². The van der Waals surface area contributed by atoms with E-state index in [4.69, 9.17) is 0 Å². The summed E-state index contributed by atoms with van der Waals surface area (Å²) in [6.07, 6.45) is -2.22. The molecule has 0 N–H and O–H groups in total. The SMILES string of the molecule is CC(C)N1CCN2c3ncc(C(F)(F)F)nc3N(C3CC3)C(=O)[C@H]2C1. The predicted molar refractivity (Wildman–Crippen MR) is 85.4 cm³/mol. The first-order valence-corrected chi connectivity index (χ1v) is 8.55. The average molecular weight is 355 g/mol. The Labute approximate surface area is 143 Å². The summed E-state index contributed by atoms with van der Waals surface area (Å²) in [6.45, 7) is 6.00. The lowest BCUT2D eigenvalue weighted by molar-refractivity contribution is -0.141. The van der Waals surface area contributed by atoms with E-state index in [0.717, 1.165) is 25.6 Å². The van der Waals surface area contributed by atoms with Crippen LogP contribution in [0, 0.1) is 0 Å². The highest BCUT2D eigenvalue weighted by molar-refractivity contribution is 6.04. The van der Waals surface area contributed by atoms with E-state index in [0.29, 0.717) is 24.9 Å². The molecule has 0 unspecified atom stereocenters. The van der Waals surface area contributed by atoms with Gasteiger partial charge in [-0.15, -0.1) is 0 Å². The molecule has 3 heterocycles. The maximum Gasteiger partial charge on any atom is 0.434 e. The molecule has 1 saturated carbocycles. The minimum absolute atomic E-state index is 0.0550. The maximum absolute atomic E-state index is 13.0. The molecule has 0 radical (unpaired) electrons. The number of carbonyl (C=O) groups is 1. The Morgan fingerprint density at radius 2 is 1.92 bits per heavy atom. The second-order valence-electron chi connectivity index (χ2n) is 7.14. The van der Waals surface area contributed by atoms with Crippen LogP contribution < -0.4 is 9.80 Å². The minimum Gasteiger partial charge on any atom is -0.339 e. The van der Waals surface area contributed by atoms with Gasteiger partial charge >= 0.3 is 6.18 Å². The van der Waals surface area contributed by atoms with Gasteiger partial charge in [0.15, 0.2) is 17.3 Å². The fourth-order valence-corrected chi connectivity index (χ4v) is 3.56. The molecule has 6 nitrogen and oxygen atoms in total. The fraction of sp³-hybridized carbons (Fsp3) is 0.688. The standard InChI is InChI=1S/C16H20F3N5O/c1-9(2)22-5-6-23-11(8-22)15(25)24(10-3-4-10)14-13(23)20-7-12(21-14)16(17,18)19/h7,9-11H,3-6,8H2,1-2H3/t11-/m1/s1. The highest BCUT2D eigenvalue weighted by Gasteiger charge is 2.49. The van der Waals surface area contributed by atoms with Crippen LogP contribution in [-0.4, -0.2) is 58.5 Å². The van der Waals surface area contributed by atoms with E-state index in [1.807, 2.05) is 4.90 Å². The number of aromatic nitrogens is 2. The van der Waals surface area contributed by atoms with Gasteiger partial charge in [-0.1, -0.05) is 0 Å². The number of carbonyl (C=O) groups excluding carboxylic acids is 1. The highest BCUT2D eigenvalue weighted by atomic mass is 19.4. The van der Waals surface area contributed by atoms with E-state index in [1.165, 1.54) is 4.90 Å². The smallest absolute Gasteiger partial charge is 0.339 e. The van der Waals surface area contributed by atoms with Crippen molar-refractivity contribution in [2.75, 3.05) is 29.4 Å². The molecule has 2 fully saturated rings. The zero-order valence-electron chi connectivity index (χ0n) is 14.1. The van der Waals surface area contributed by atoms with Gasteiger partial charge in [0.25, 0.3) is 5.91 Å². The summed E-state index contributed by atoms with van der Waals surface area (Å²) >= 11 is 0. The Kier molecular flexibility index (Phi) is 3.68. The molecular weight excluding hydrogens is 335 g/mol. The third kappa shape index (κ3) is 2.74. The molecule has 1 atom stereocenters. The summed E-state index contributed by atoms with van der Waals surface area (Å²) < 4.78 is 39.1. The number of hydrogen-bond acceptors (Lipinski definition) is 5.